The van der Waals surface area contributed by atoms with Crippen molar-refractivity contribution in [3.8, 4) is 0 Å². The molecule has 24 heavy (non-hydrogen) atoms. The van der Waals surface area contributed by atoms with Crippen molar-refractivity contribution >= 4 is 35.5 Å². The summed E-state index contributed by atoms with van der Waals surface area (Å²) in [5.41, 5.74) is 1.96. The minimum absolute atomic E-state index is 0.300. The molecular formula is C18H22N4O2. The van der Waals surface area contributed by atoms with Gasteiger partial charge in [0.2, 0.25) is 0 Å². The second-order valence-corrected chi connectivity index (χ2v) is 4.59. The summed E-state index contributed by atoms with van der Waals surface area (Å²) in [5.74, 6) is 0.357. The molecule has 2 aromatic rings. The van der Waals surface area contributed by atoms with Crippen LogP contribution in [0.3, 0.4) is 0 Å². The number of aldehydes is 1. The molecule has 1 heterocycles. The molecular weight excluding hydrogens is 304 g/mol. The van der Waals surface area contributed by atoms with Crippen molar-refractivity contribution in [1.29, 1.82) is 0 Å². The van der Waals surface area contributed by atoms with Gasteiger partial charge in [0.15, 0.2) is 0 Å². The molecule has 1 amide bonds. The van der Waals surface area contributed by atoms with Gasteiger partial charge in [-0.1, -0.05) is 20.4 Å². The number of rotatable bonds is 6. The maximum Gasteiger partial charge on any atom is 0.251 e. The number of imidazole rings is 1. The number of amides is 1. The lowest BCUT2D eigenvalue weighted by atomic mass is 10.2. The summed E-state index contributed by atoms with van der Waals surface area (Å²) in [6, 6.07) is 4.60. The Balaban J connectivity index is 0.00000139. The van der Waals surface area contributed by atoms with Crippen LogP contribution in [0.25, 0.3) is 17.1 Å². The van der Waals surface area contributed by atoms with Gasteiger partial charge in [0.25, 0.3) is 5.91 Å². The number of hydrogen-bond donors (Lipinski definition) is 2. The van der Waals surface area contributed by atoms with Crippen LogP contribution in [0.1, 0.15) is 37.0 Å². The Labute approximate surface area is 141 Å². The number of H-pyrrole nitrogens is 1. The van der Waals surface area contributed by atoms with Crippen LogP contribution in [0, 0.1) is 0 Å². The SMILES string of the molecule is C=CN=C/C=C/c1nc2ccc(C(=O)NC(C)C=O)cc2[nH]1.CC. The van der Waals surface area contributed by atoms with Crippen LogP contribution in [0.15, 0.2) is 42.0 Å². The van der Waals surface area contributed by atoms with Crippen LogP contribution in [0.5, 0.6) is 0 Å². The third kappa shape index (κ3) is 5.31. The van der Waals surface area contributed by atoms with E-state index in [4.69, 9.17) is 0 Å². The maximum atomic E-state index is 12.0. The Morgan fingerprint density at radius 2 is 2.17 bits per heavy atom. The van der Waals surface area contributed by atoms with Crippen LogP contribution in [0.2, 0.25) is 0 Å². The Morgan fingerprint density at radius 1 is 1.42 bits per heavy atom. The van der Waals surface area contributed by atoms with Crippen LogP contribution in [0.4, 0.5) is 0 Å². The molecule has 1 aromatic heterocycles. The number of carbonyl (C=O) groups is 2. The maximum absolute atomic E-state index is 12.0. The number of carbonyl (C=O) groups excluding carboxylic acids is 2. The van der Waals surface area contributed by atoms with Crippen molar-refractivity contribution in [3.05, 3.63) is 48.4 Å². The first-order valence-corrected chi connectivity index (χ1v) is 7.70. The molecule has 2 rings (SSSR count). The summed E-state index contributed by atoms with van der Waals surface area (Å²) in [6.07, 6.45) is 7.22. The summed E-state index contributed by atoms with van der Waals surface area (Å²) in [5, 5.41) is 2.58. The van der Waals surface area contributed by atoms with Crippen molar-refractivity contribution < 1.29 is 9.59 Å². The van der Waals surface area contributed by atoms with E-state index in [1.165, 1.54) is 6.20 Å². The molecule has 1 atom stereocenters. The third-order valence-corrected chi connectivity index (χ3v) is 2.86. The van der Waals surface area contributed by atoms with Crippen molar-refractivity contribution in [3.63, 3.8) is 0 Å². The highest BCUT2D eigenvalue weighted by atomic mass is 16.2. The van der Waals surface area contributed by atoms with E-state index >= 15 is 0 Å². The van der Waals surface area contributed by atoms with E-state index < -0.39 is 6.04 Å². The molecule has 0 saturated heterocycles. The number of fused-ring (bicyclic) bond motifs is 1. The Morgan fingerprint density at radius 3 is 2.83 bits per heavy atom. The van der Waals surface area contributed by atoms with Gasteiger partial charge >= 0.3 is 0 Å². The zero-order chi connectivity index (χ0) is 17.9. The molecule has 6 nitrogen and oxygen atoms in total. The van der Waals surface area contributed by atoms with Gasteiger partial charge in [-0.2, -0.15) is 0 Å². The van der Waals surface area contributed by atoms with Gasteiger partial charge in [-0.05, 0) is 37.3 Å². The van der Waals surface area contributed by atoms with E-state index in [0.717, 1.165) is 11.0 Å². The summed E-state index contributed by atoms with van der Waals surface area (Å²) >= 11 is 0. The van der Waals surface area contributed by atoms with Gasteiger partial charge < -0.3 is 15.1 Å². The van der Waals surface area contributed by atoms with Crippen LogP contribution in [-0.4, -0.2) is 34.4 Å². The summed E-state index contributed by atoms with van der Waals surface area (Å²) < 4.78 is 0. The number of allylic oxidation sites excluding steroid dienone is 1. The summed E-state index contributed by atoms with van der Waals surface area (Å²) in [4.78, 5) is 33.9. The van der Waals surface area contributed by atoms with E-state index in [1.54, 1.807) is 43.5 Å². The lowest BCUT2D eigenvalue weighted by Crippen LogP contribution is -2.33. The number of hydrogen-bond acceptors (Lipinski definition) is 4. The zero-order valence-corrected chi connectivity index (χ0v) is 14.1. The van der Waals surface area contributed by atoms with E-state index in [-0.39, 0.29) is 5.91 Å². The highest BCUT2D eigenvalue weighted by molar-refractivity contribution is 5.98. The second-order valence-electron chi connectivity index (χ2n) is 4.59. The average Bonchev–Trinajstić information content (AvgIpc) is 3.02. The Hall–Kier alpha value is -3.02. The molecule has 0 aliphatic rings. The predicted molar refractivity (Wildman–Crippen MR) is 98.2 cm³/mol. The fraction of sp³-hybridized carbons (Fsp3) is 0.222. The van der Waals surface area contributed by atoms with Crippen molar-refractivity contribution in [1.82, 2.24) is 15.3 Å². The van der Waals surface area contributed by atoms with E-state index in [9.17, 15) is 9.59 Å². The molecule has 0 radical (unpaired) electrons. The molecule has 1 unspecified atom stereocenters. The lowest BCUT2D eigenvalue weighted by Gasteiger charge is -2.06. The van der Waals surface area contributed by atoms with Gasteiger partial charge in [0.05, 0.1) is 17.1 Å². The highest BCUT2D eigenvalue weighted by Crippen LogP contribution is 2.14. The van der Waals surface area contributed by atoms with E-state index in [2.05, 4.69) is 26.9 Å². The lowest BCUT2D eigenvalue weighted by molar-refractivity contribution is -0.109. The Kier molecular flexibility index (Phi) is 7.84. The third-order valence-electron chi connectivity index (χ3n) is 2.86. The quantitative estimate of drug-likeness (QED) is 0.631. The minimum atomic E-state index is -0.521. The molecule has 0 fully saturated rings. The van der Waals surface area contributed by atoms with Crippen molar-refractivity contribution in [2.45, 2.75) is 26.8 Å². The molecule has 0 spiro atoms. The first-order chi connectivity index (χ1) is 11.6. The topological polar surface area (TPSA) is 87.2 Å². The van der Waals surface area contributed by atoms with Crippen LogP contribution >= 0.6 is 0 Å². The van der Waals surface area contributed by atoms with Gasteiger partial charge in [0, 0.05) is 18.0 Å². The summed E-state index contributed by atoms with van der Waals surface area (Å²) in [7, 11) is 0. The van der Waals surface area contributed by atoms with Crippen LogP contribution in [-0.2, 0) is 4.79 Å². The fourth-order valence-corrected chi connectivity index (χ4v) is 1.82. The number of nitrogens with one attached hydrogen (secondary N) is 2. The van der Waals surface area contributed by atoms with Crippen molar-refractivity contribution in [2.75, 3.05) is 0 Å². The number of aliphatic imine (C=N–C) groups is 1. The van der Waals surface area contributed by atoms with Crippen LogP contribution < -0.4 is 5.32 Å². The fourth-order valence-electron chi connectivity index (χ4n) is 1.82. The first-order valence-electron chi connectivity index (χ1n) is 7.70. The van der Waals surface area contributed by atoms with Gasteiger partial charge in [0.1, 0.15) is 12.1 Å². The molecule has 0 bridgehead atoms. The number of nitrogens with zero attached hydrogens (tertiary/aromatic N) is 2. The smallest absolute Gasteiger partial charge is 0.251 e. The molecule has 126 valence electrons. The highest BCUT2D eigenvalue weighted by Gasteiger charge is 2.10. The van der Waals surface area contributed by atoms with E-state index in [1.807, 2.05) is 13.8 Å². The molecule has 2 N–H and O–H groups in total. The largest absolute Gasteiger partial charge is 0.343 e. The number of benzene rings is 1. The zero-order valence-electron chi connectivity index (χ0n) is 14.1. The molecule has 0 aliphatic heterocycles. The Bertz CT molecular complexity index is 759. The van der Waals surface area contributed by atoms with E-state index in [0.29, 0.717) is 17.7 Å². The molecule has 6 heteroatoms. The molecule has 0 saturated carbocycles. The van der Waals surface area contributed by atoms with Gasteiger partial charge in [-0.25, -0.2) is 4.98 Å². The number of aromatic amines is 1. The predicted octanol–water partition coefficient (Wildman–Crippen LogP) is 3.13. The number of aromatic nitrogens is 2. The first kappa shape index (κ1) is 19.0. The average molecular weight is 326 g/mol. The van der Waals surface area contributed by atoms with Gasteiger partial charge in [-0.15, -0.1) is 0 Å². The van der Waals surface area contributed by atoms with Gasteiger partial charge in [-0.3, -0.25) is 9.79 Å². The molecule has 1 aromatic carbocycles. The monoisotopic (exact) mass is 326 g/mol. The normalized spacial score (nSPS) is 12.0. The molecule has 0 aliphatic carbocycles. The second kappa shape index (κ2) is 9.89. The summed E-state index contributed by atoms with van der Waals surface area (Å²) in [6.45, 7) is 9.10. The standard InChI is InChI=1S/C16H16N4O2.C2H6/c1-3-17-8-4-5-15-19-13-7-6-12(9-14(13)20-15)16(22)18-11(2)10-21;1-2/h3-11H,1H2,2H3,(H,18,22)(H,19,20);1-2H3/b5-4+,17-8?;. The van der Waals surface area contributed by atoms with Crippen molar-refractivity contribution in [2.24, 2.45) is 4.99 Å². The minimum Gasteiger partial charge on any atom is -0.343 e.